The lowest BCUT2D eigenvalue weighted by molar-refractivity contribution is 0.670. The van der Waals surface area contributed by atoms with Crippen LogP contribution in [0.15, 0.2) is 215 Å². The average molecular weight is 1090 g/mol. The van der Waals surface area contributed by atoms with E-state index in [1.807, 2.05) is 36.4 Å². The Labute approximate surface area is 479 Å². The minimum absolute atomic E-state index is 0.622. The topological polar surface area (TPSA) is 60.9 Å². The van der Waals surface area contributed by atoms with Crippen LogP contribution in [-0.4, -0.2) is 16.1 Å². The average Bonchev–Trinajstić information content (AvgIpc) is 1.93. The number of rotatable bonds is 10. The molecule has 0 aliphatic heterocycles. The fraction of sp³-hybridized carbons (Fsp3) is 0.108. The van der Waals surface area contributed by atoms with E-state index in [9.17, 15) is 5.26 Å². The van der Waals surface area contributed by atoms with Crippen molar-refractivity contribution in [3.8, 4) is 28.3 Å². The standard InChI is InChI=1S/C74H58N4O2Si2/c1-45-42-47(44-75)22-36-55(45)57-14-10-16-59-61-18-12-20-67(73(61)79-71(57)59)77(51-28-32-53(33-29-51)81(4,5)6)65-40-25-48-24-38-64-66(41-26-49-23-37-63(65)69(48)70(49)64)78(52-30-34-54(35-31-52)82(7,8)9)68-21-13-19-62-60-17-11-15-58(72(60)80-74(62)68)56-39-27-50(76-3)43-46(56)2/h10-43H,1-2,4-9H3. The Morgan fingerprint density at radius 2 is 0.817 bits per heavy atom. The van der Waals surface area contributed by atoms with Crippen molar-refractivity contribution in [2.24, 2.45) is 0 Å². The van der Waals surface area contributed by atoms with E-state index in [0.717, 1.165) is 133 Å². The fourth-order valence-electron chi connectivity index (χ4n) is 12.6. The summed E-state index contributed by atoms with van der Waals surface area (Å²) >= 11 is 0. The number of anilines is 6. The molecule has 0 N–H and O–H groups in total. The van der Waals surface area contributed by atoms with E-state index in [-0.39, 0.29) is 0 Å². The van der Waals surface area contributed by atoms with Gasteiger partial charge in [-0.3, -0.25) is 0 Å². The zero-order valence-corrected chi connectivity index (χ0v) is 49.2. The molecule has 0 spiro atoms. The Morgan fingerprint density at radius 1 is 0.402 bits per heavy atom. The molecule has 0 atom stereocenters. The second kappa shape index (κ2) is 19.0. The molecule has 0 aliphatic rings. The normalized spacial score (nSPS) is 12.1. The molecule has 6 nitrogen and oxygen atoms in total. The molecule has 12 aromatic carbocycles. The zero-order valence-electron chi connectivity index (χ0n) is 47.2. The molecule has 82 heavy (non-hydrogen) atoms. The molecular weight excluding hydrogens is 1030 g/mol. The van der Waals surface area contributed by atoms with Gasteiger partial charge in [-0.1, -0.05) is 201 Å². The number of fused-ring (bicyclic) bond motifs is 6. The Bertz CT molecular complexity index is 4690. The van der Waals surface area contributed by atoms with Gasteiger partial charge in [0.05, 0.1) is 57.1 Å². The van der Waals surface area contributed by atoms with E-state index >= 15 is 0 Å². The summed E-state index contributed by atoms with van der Waals surface area (Å²) in [4.78, 5) is 8.52. The van der Waals surface area contributed by atoms with Crippen LogP contribution in [-0.2, 0) is 0 Å². The Hall–Kier alpha value is -9.71. The van der Waals surface area contributed by atoms with Crippen LogP contribution in [0.3, 0.4) is 0 Å². The predicted octanol–water partition coefficient (Wildman–Crippen LogP) is 20.8. The van der Waals surface area contributed by atoms with Crippen LogP contribution in [0.4, 0.5) is 39.8 Å². The van der Waals surface area contributed by atoms with E-state index in [4.69, 9.17) is 15.4 Å². The van der Waals surface area contributed by atoms with Crippen molar-refractivity contribution in [2.75, 3.05) is 9.80 Å². The summed E-state index contributed by atoms with van der Waals surface area (Å²) in [5.41, 5.74) is 16.7. The van der Waals surface area contributed by atoms with Crippen LogP contribution in [0.1, 0.15) is 16.7 Å². The molecule has 2 heterocycles. The molecule has 0 aliphatic carbocycles. The molecule has 14 rings (SSSR count). The molecule has 0 radical (unpaired) electrons. The van der Waals surface area contributed by atoms with Crippen molar-refractivity contribution in [1.29, 1.82) is 5.26 Å². The number of hydrogen-bond acceptors (Lipinski definition) is 5. The Morgan fingerprint density at radius 3 is 1.23 bits per heavy atom. The van der Waals surface area contributed by atoms with Crippen molar-refractivity contribution in [3.05, 3.63) is 234 Å². The van der Waals surface area contributed by atoms with Crippen LogP contribution < -0.4 is 20.2 Å². The fourth-order valence-corrected chi connectivity index (χ4v) is 15.0. The number of nitrogens with zero attached hydrogens (tertiary/aromatic N) is 4. The largest absolute Gasteiger partial charge is 0.453 e. The van der Waals surface area contributed by atoms with Gasteiger partial charge in [-0.25, -0.2) is 4.85 Å². The number of benzene rings is 12. The van der Waals surface area contributed by atoms with E-state index in [1.54, 1.807) is 0 Å². The molecule has 394 valence electrons. The lowest BCUT2D eigenvalue weighted by Crippen LogP contribution is -2.37. The molecule has 0 amide bonds. The summed E-state index contributed by atoms with van der Waals surface area (Å²) < 4.78 is 14.5. The van der Waals surface area contributed by atoms with Crippen LogP contribution >= 0.6 is 0 Å². The predicted molar refractivity (Wildman–Crippen MR) is 351 cm³/mol. The highest BCUT2D eigenvalue weighted by molar-refractivity contribution is 6.89. The Balaban J connectivity index is 1.000. The molecule has 0 unspecified atom stereocenters. The Kier molecular flexibility index (Phi) is 11.7. The lowest BCUT2D eigenvalue weighted by Gasteiger charge is -2.30. The van der Waals surface area contributed by atoms with Crippen LogP contribution in [0.2, 0.25) is 39.3 Å². The van der Waals surface area contributed by atoms with Crippen molar-refractivity contribution >= 4 is 143 Å². The second-order valence-electron chi connectivity index (χ2n) is 24.0. The summed E-state index contributed by atoms with van der Waals surface area (Å²) in [6.07, 6.45) is 0. The van der Waals surface area contributed by atoms with Crippen molar-refractivity contribution in [3.63, 3.8) is 0 Å². The van der Waals surface area contributed by atoms with Crippen LogP contribution in [0.5, 0.6) is 0 Å². The van der Waals surface area contributed by atoms with Gasteiger partial charge in [0, 0.05) is 54.8 Å². The summed E-state index contributed by atoms with van der Waals surface area (Å²) in [5, 5.41) is 23.6. The second-order valence-corrected chi connectivity index (χ2v) is 34.1. The highest BCUT2D eigenvalue weighted by Gasteiger charge is 2.28. The first-order chi connectivity index (χ1) is 39.7. The summed E-state index contributed by atoms with van der Waals surface area (Å²) in [7, 11) is -3.29. The molecule has 0 fully saturated rings. The molecule has 0 saturated carbocycles. The van der Waals surface area contributed by atoms with Gasteiger partial charge in [0.2, 0.25) is 0 Å². The first kappa shape index (κ1) is 50.5. The van der Waals surface area contributed by atoms with Gasteiger partial charge in [-0.2, -0.15) is 5.26 Å². The molecule has 0 saturated heterocycles. The number of aryl methyl sites for hydroxylation is 2. The van der Waals surface area contributed by atoms with Crippen LogP contribution in [0, 0.1) is 31.8 Å². The van der Waals surface area contributed by atoms with E-state index in [2.05, 4.69) is 244 Å². The SMILES string of the molecule is [C-]#[N+]c1ccc(-c2cccc3c2oc2c(N(c4ccc([Si](C)(C)C)cc4)c4ccc5ccc6c(N(c7ccc([Si](C)(C)C)cc7)c7cccc8c7oc7c(-c9ccc(C#N)cc9C)cccc78)ccc7ccc4c5c76)cccc23)c(C)c1. The third-order valence-electron chi connectivity index (χ3n) is 16.8. The summed E-state index contributed by atoms with van der Waals surface area (Å²) in [6, 6.07) is 76.7. The number of furan rings is 2. The minimum atomic E-state index is -1.65. The van der Waals surface area contributed by atoms with E-state index < -0.39 is 16.1 Å². The number of nitriles is 1. The molecular formula is C74H58N4O2Si2. The number of hydrogen-bond donors (Lipinski definition) is 0. The maximum Gasteiger partial charge on any atom is 0.187 e. The first-order valence-corrected chi connectivity index (χ1v) is 35.1. The van der Waals surface area contributed by atoms with Gasteiger partial charge in [0.1, 0.15) is 11.2 Å². The van der Waals surface area contributed by atoms with Gasteiger partial charge < -0.3 is 18.6 Å². The molecule has 14 aromatic rings. The zero-order chi connectivity index (χ0) is 56.3. The van der Waals surface area contributed by atoms with Crippen molar-refractivity contribution in [1.82, 2.24) is 0 Å². The first-order valence-electron chi connectivity index (χ1n) is 28.1. The highest BCUT2D eigenvalue weighted by atomic mass is 28.3. The quantitative estimate of drug-likeness (QED) is 0.0776. The van der Waals surface area contributed by atoms with Crippen LogP contribution in [0.25, 0.3) is 103 Å². The minimum Gasteiger partial charge on any atom is -0.453 e. The number of para-hydroxylation sites is 4. The highest BCUT2D eigenvalue weighted by Crippen LogP contribution is 2.51. The maximum atomic E-state index is 9.73. The van der Waals surface area contributed by atoms with Crippen molar-refractivity contribution in [2.45, 2.75) is 53.1 Å². The van der Waals surface area contributed by atoms with Gasteiger partial charge in [-0.05, 0) is 113 Å². The lowest BCUT2D eigenvalue weighted by atomic mass is 9.91. The third-order valence-corrected chi connectivity index (χ3v) is 21.0. The smallest absolute Gasteiger partial charge is 0.187 e. The van der Waals surface area contributed by atoms with Gasteiger partial charge in [-0.15, -0.1) is 0 Å². The molecule has 0 bridgehead atoms. The molecule has 2 aromatic heterocycles. The molecule has 8 heteroatoms. The van der Waals surface area contributed by atoms with E-state index in [0.29, 0.717) is 11.3 Å². The van der Waals surface area contributed by atoms with Gasteiger partial charge in [0.25, 0.3) is 0 Å². The van der Waals surface area contributed by atoms with Crippen molar-refractivity contribution < 1.29 is 8.83 Å². The van der Waals surface area contributed by atoms with Gasteiger partial charge >= 0.3 is 0 Å². The van der Waals surface area contributed by atoms with E-state index in [1.165, 1.54) is 21.1 Å². The maximum absolute atomic E-state index is 9.73. The summed E-state index contributed by atoms with van der Waals surface area (Å²) in [6.45, 7) is 26.2. The van der Waals surface area contributed by atoms with Gasteiger partial charge in [0.15, 0.2) is 16.9 Å². The monoisotopic (exact) mass is 1090 g/mol. The summed E-state index contributed by atoms with van der Waals surface area (Å²) in [5.74, 6) is 0. The third kappa shape index (κ3) is 8.09.